The molecule has 0 bridgehead atoms. The zero-order valence-corrected chi connectivity index (χ0v) is 16.9. The van der Waals surface area contributed by atoms with Crippen LogP contribution in [0.5, 0.6) is 0 Å². The van der Waals surface area contributed by atoms with Crippen LogP contribution in [0.25, 0.3) is 10.9 Å². The number of nitriles is 1. The Labute approximate surface area is 173 Å². The Kier molecular flexibility index (Phi) is 5.90. The van der Waals surface area contributed by atoms with Crippen LogP contribution in [0, 0.1) is 11.3 Å². The van der Waals surface area contributed by atoms with Crippen LogP contribution in [0.1, 0.15) is 30.9 Å². The molecule has 0 aliphatic carbocycles. The van der Waals surface area contributed by atoms with E-state index >= 15 is 0 Å². The van der Waals surface area contributed by atoms with Crippen molar-refractivity contribution in [2.24, 2.45) is 5.73 Å². The van der Waals surface area contributed by atoms with E-state index in [-0.39, 0.29) is 34.5 Å². The molecule has 1 aliphatic heterocycles. The summed E-state index contributed by atoms with van der Waals surface area (Å²) in [6.07, 6.45) is 2.32. The summed E-state index contributed by atoms with van der Waals surface area (Å²) in [6.45, 7) is 7.22. The van der Waals surface area contributed by atoms with Crippen LogP contribution in [-0.4, -0.2) is 17.6 Å². The average Bonchev–Trinajstić information content (AvgIpc) is 2.70. The highest BCUT2D eigenvalue weighted by atomic mass is 35.5. The van der Waals surface area contributed by atoms with E-state index in [0.717, 1.165) is 22.9 Å². The first-order chi connectivity index (χ1) is 13.9. The van der Waals surface area contributed by atoms with Gasteiger partial charge in [-0.1, -0.05) is 37.2 Å². The Morgan fingerprint density at radius 2 is 2.24 bits per heavy atom. The second-order valence-electron chi connectivity index (χ2n) is 6.53. The number of rotatable bonds is 5. The molecule has 1 unspecified atom stereocenters. The predicted molar refractivity (Wildman–Crippen MR) is 111 cm³/mol. The van der Waals surface area contributed by atoms with E-state index in [0.29, 0.717) is 5.56 Å². The summed E-state index contributed by atoms with van der Waals surface area (Å²) in [5, 5.41) is 10.7. The molecule has 0 saturated heterocycles. The third-order valence-corrected chi connectivity index (χ3v) is 5.04. The van der Waals surface area contributed by atoms with Gasteiger partial charge in [0.05, 0.1) is 17.0 Å². The molecule has 1 atom stereocenters. The number of aryl methyl sites for hydroxylation is 1. The Hall–Kier alpha value is -3.30. The van der Waals surface area contributed by atoms with Crippen LogP contribution in [0.15, 0.2) is 59.7 Å². The average molecular weight is 410 g/mol. The maximum atomic E-state index is 12.8. The molecular formula is C22H20ClN3O3. The van der Waals surface area contributed by atoms with E-state index in [2.05, 4.69) is 18.5 Å². The normalized spacial score (nSPS) is 16.4. The SMILES string of the molecule is C=CCOC(=O)C1=C(C)OC(N)=C(C#N)C1c1cc2cc(CC)ccc2nc1Cl. The Morgan fingerprint density at radius 1 is 1.48 bits per heavy atom. The number of ether oxygens (including phenoxy) is 2. The van der Waals surface area contributed by atoms with Gasteiger partial charge in [0.15, 0.2) is 0 Å². The number of hydrogen-bond acceptors (Lipinski definition) is 6. The summed E-state index contributed by atoms with van der Waals surface area (Å²) in [5.74, 6) is -1.31. The van der Waals surface area contributed by atoms with Crippen molar-refractivity contribution in [3.63, 3.8) is 0 Å². The number of esters is 1. The number of pyridine rings is 1. The van der Waals surface area contributed by atoms with Crippen molar-refractivity contribution < 1.29 is 14.3 Å². The number of aromatic nitrogens is 1. The van der Waals surface area contributed by atoms with Gasteiger partial charge in [-0.25, -0.2) is 9.78 Å². The summed E-state index contributed by atoms with van der Waals surface area (Å²) in [4.78, 5) is 17.2. The van der Waals surface area contributed by atoms with Crippen molar-refractivity contribution in [2.75, 3.05) is 6.61 Å². The van der Waals surface area contributed by atoms with E-state index in [1.54, 1.807) is 6.92 Å². The van der Waals surface area contributed by atoms with Gasteiger partial charge in [0.2, 0.25) is 5.88 Å². The lowest BCUT2D eigenvalue weighted by atomic mass is 9.83. The number of fused-ring (bicyclic) bond motifs is 1. The molecule has 0 fully saturated rings. The van der Waals surface area contributed by atoms with E-state index < -0.39 is 11.9 Å². The first kappa shape index (κ1) is 20.4. The molecule has 0 spiro atoms. The van der Waals surface area contributed by atoms with Crippen molar-refractivity contribution in [1.29, 1.82) is 5.26 Å². The van der Waals surface area contributed by atoms with E-state index in [1.165, 1.54) is 6.08 Å². The third-order valence-electron chi connectivity index (χ3n) is 4.74. The fourth-order valence-corrected chi connectivity index (χ4v) is 3.57. The molecule has 0 saturated carbocycles. The lowest BCUT2D eigenvalue weighted by molar-refractivity contribution is -0.138. The van der Waals surface area contributed by atoms with Crippen LogP contribution in [0.2, 0.25) is 5.15 Å². The second-order valence-corrected chi connectivity index (χ2v) is 6.89. The molecule has 29 heavy (non-hydrogen) atoms. The van der Waals surface area contributed by atoms with Gasteiger partial charge in [0.1, 0.15) is 29.2 Å². The van der Waals surface area contributed by atoms with Crippen LogP contribution in [0.4, 0.5) is 0 Å². The number of nitrogens with two attached hydrogens (primary N) is 1. The maximum Gasteiger partial charge on any atom is 0.338 e. The predicted octanol–water partition coefficient (Wildman–Crippen LogP) is 4.26. The number of nitrogens with zero attached hydrogens (tertiary/aromatic N) is 2. The number of hydrogen-bond donors (Lipinski definition) is 1. The van der Waals surface area contributed by atoms with Gasteiger partial charge in [-0.2, -0.15) is 5.26 Å². The first-order valence-electron chi connectivity index (χ1n) is 9.06. The van der Waals surface area contributed by atoms with E-state index in [4.69, 9.17) is 26.8 Å². The molecule has 1 aliphatic rings. The first-order valence-corrected chi connectivity index (χ1v) is 9.44. The molecule has 3 rings (SSSR count). The highest BCUT2D eigenvalue weighted by Gasteiger charge is 2.37. The number of allylic oxidation sites excluding steroid dienone is 2. The molecule has 7 heteroatoms. The quantitative estimate of drug-likeness (QED) is 0.450. The summed E-state index contributed by atoms with van der Waals surface area (Å²) in [6, 6.07) is 9.76. The molecule has 2 N–H and O–H groups in total. The number of carbonyl (C=O) groups excluding carboxylic acids is 1. The zero-order valence-electron chi connectivity index (χ0n) is 16.2. The number of benzene rings is 1. The van der Waals surface area contributed by atoms with E-state index in [9.17, 15) is 10.1 Å². The highest BCUT2D eigenvalue weighted by Crippen LogP contribution is 2.42. The molecule has 0 amide bonds. The van der Waals surface area contributed by atoms with Gasteiger partial charge in [0, 0.05) is 10.9 Å². The Balaban J connectivity index is 2.23. The van der Waals surface area contributed by atoms with Crippen LogP contribution in [0.3, 0.4) is 0 Å². The van der Waals surface area contributed by atoms with Crippen LogP contribution < -0.4 is 5.73 Å². The van der Waals surface area contributed by atoms with Crippen molar-refractivity contribution in [1.82, 2.24) is 4.98 Å². The van der Waals surface area contributed by atoms with Crippen LogP contribution in [-0.2, 0) is 20.7 Å². The van der Waals surface area contributed by atoms with Gasteiger partial charge in [-0.3, -0.25) is 0 Å². The minimum absolute atomic E-state index is 0.0208. The molecule has 6 nitrogen and oxygen atoms in total. The Bertz CT molecular complexity index is 1110. The fraction of sp³-hybridized carbons (Fsp3) is 0.227. The molecule has 1 aromatic heterocycles. The van der Waals surface area contributed by atoms with Gasteiger partial charge >= 0.3 is 5.97 Å². The van der Waals surface area contributed by atoms with Gasteiger partial charge in [-0.15, -0.1) is 0 Å². The lowest BCUT2D eigenvalue weighted by Crippen LogP contribution is -2.26. The highest BCUT2D eigenvalue weighted by molar-refractivity contribution is 6.30. The van der Waals surface area contributed by atoms with Crippen molar-refractivity contribution in [2.45, 2.75) is 26.2 Å². The summed E-state index contributed by atoms with van der Waals surface area (Å²) >= 11 is 6.49. The number of carbonyl (C=O) groups is 1. The zero-order chi connectivity index (χ0) is 21.1. The third kappa shape index (κ3) is 3.82. The molecule has 2 heterocycles. The molecule has 1 aromatic carbocycles. The molecule has 148 valence electrons. The fourth-order valence-electron chi connectivity index (χ4n) is 3.31. The largest absolute Gasteiger partial charge is 0.458 e. The van der Waals surface area contributed by atoms with Crippen LogP contribution >= 0.6 is 11.6 Å². The van der Waals surface area contributed by atoms with Gasteiger partial charge < -0.3 is 15.2 Å². The van der Waals surface area contributed by atoms with Crippen molar-refractivity contribution in [3.8, 4) is 6.07 Å². The second kappa shape index (κ2) is 8.38. The van der Waals surface area contributed by atoms with Crippen molar-refractivity contribution >= 4 is 28.5 Å². The monoisotopic (exact) mass is 409 g/mol. The maximum absolute atomic E-state index is 12.8. The lowest BCUT2D eigenvalue weighted by Gasteiger charge is -2.27. The number of halogens is 1. The van der Waals surface area contributed by atoms with Gasteiger partial charge in [-0.05, 0) is 37.1 Å². The summed E-state index contributed by atoms with van der Waals surface area (Å²) in [7, 11) is 0. The molecule has 0 radical (unpaired) electrons. The molecule has 2 aromatic rings. The standard InChI is InChI=1S/C22H20ClN3O3/c1-4-8-28-22(27)18-12(3)29-21(25)16(11-24)19(18)15-10-14-9-13(5-2)6-7-17(14)26-20(15)23/h4,6-7,9-10,19H,1,5,8,25H2,2-3H3. The topological polar surface area (TPSA) is 98.2 Å². The minimum Gasteiger partial charge on any atom is -0.458 e. The van der Waals surface area contributed by atoms with E-state index in [1.807, 2.05) is 30.3 Å². The Morgan fingerprint density at radius 3 is 2.90 bits per heavy atom. The minimum atomic E-state index is -0.847. The summed E-state index contributed by atoms with van der Waals surface area (Å²) < 4.78 is 10.7. The van der Waals surface area contributed by atoms with Gasteiger partial charge in [0.25, 0.3) is 0 Å². The molecular weight excluding hydrogens is 390 g/mol. The van der Waals surface area contributed by atoms with Crippen molar-refractivity contribution in [3.05, 3.63) is 76.0 Å². The smallest absolute Gasteiger partial charge is 0.338 e. The summed E-state index contributed by atoms with van der Waals surface area (Å²) in [5.41, 5.74) is 8.52.